The largest absolute Gasteiger partial charge is 0.333 e. The molecular weight excluding hydrogens is 410 g/mol. The van der Waals surface area contributed by atoms with Crippen molar-refractivity contribution in [2.24, 2.45) is 5.92 Å². The van der Waals surface area contributed by atoms with Crippen LogP contribution in [-0.4, -0.2) is 42.8 Å². The van der Waals surface area contributed by atoms with E-state index < -0.39 is 0 Å². The van der Waals surface area contributed by atoms with Crippen molar-refractivity contribution in [1.82, 2.24) is 24.8 Å². The van der Waals surface area contributed by atoms with Crippen LogP contribution < -0.4 is 0 Å². The van der Waals surface area contributed by atoms with Gasteiger partial charge in [0.1, 0.15) is 6.33 Å². The van der Waals surface area contributed by atoms with Gasteiger partial charge in [-0.3, -0.25) is 14.8 Å². The molecule has 1 amide bonds. The molecule has 1 aromatic carbocycles. The second-order valence-electron chi connectivity index (χ2n) is 9.23. The van der Waals surface area contributed by atoms with Crippen LogP contribution in [0.1, 0.15) is 41.6 Å². The normalized spacial score (nSPS) is 21.9. The minimum Gasteiger partial charge on any atom is -0.333 e. The van der Waals surface area contributed by atoms with Crippen LogP contribution in [0.25, 0.3) is 22.2 Å². The van der Waals surface area contributed by atoms with Crippen molar-refractivity contribution in [2.45, 2.75) is 44.2 Å². The van der Waals surface area contributed by atoms with Crippen LogP contribution in [0.5, 0.6) is 0 Å². The van der Waals surface area contributed by atoms with Crippen molar-refractivity contribution >= 4 is 16.8 Å². The van der Waals surface area contributed by atoms with Crippen molar-refractivity contribution in [2.75, 3.05) is 0 Å². The van der Waals surface area contributed by atoms with Crippen molar-refractivity contribution in [1.29, 1.82) is 0 Å². The minimum absolute atomic E-state index is 0.108. The van der Waals surface area contributed by atoms with Gasteiger partial charge in [0.15, 0.2) is 0 Å². The quantitative estimate of drug-likeness (QED) is 0.464. The summed E-state index contributed by atoms with van der Waals surface area (Å²) in [5.41, 5.74) is 4.62. The lowest BCUT2D eigenvalue weighted by atomic mass is 9.85. The number of benzene rings is 1. The first-order valence-corrected chi connectivity index (χ1v) is 11.6. The van der Waals surface area contributed by atoms with E-state index >= 15 is 0 Å². The summed E-state index contributed by atoms with van der Waals surface area (Å²) in [6.07, 6.45) is 14.0. The van der Waals surface area contributed by atoms with E-state index in [-0.39, 0.29) is 5.91 Å². The van der Waals surface area contributed by atoms with Gasteiger partial charge in [-0.05, 0) is 67.9 Å². The van der Waals surface area contributed by atoms with Crippen LogP contribution in [0.3, 0.4) is 0 Å². The summed E-state index contributed by atoms with van der Waals surface area (Å²) < 4.78 is 0. The second-order valence-corrected chi connectivity index (χ2v) is 9.23. The molecule has 5 heterocycles. The van der Waals surface area contributed by atoms with E-state index in [1.165, 1.54) is 17.3 Å². The van der Waals surface area contributed by atoms with E-state index in [1.807, 2.05) is 24.4 Å². The first kappa shape index (κ1) is 20.0. The maximum atomic E-state index is 13.4. The van der Waals surface area contributed by atoms with Crippen molar-refractivity contribution in [3.05, 3.63) is 84.7 Å². The van der Waals surface area contributed by atoms with Crippen LogP contribution in [0, 0.1) is 5.92 Å². The summed E-state index contributed by atoms with van der Waals surface area (Å²) in [6, 6.07) is 14.9. The zero-order valence-electron chi connectivity index (χ0n) is 18.3. The highest BCUT2D eigenvalue weighted by Gasteiger charge is 2.43. The third kappa shape index (κ3) is 3.86. The van der Waals surface area contributed by atoms with Crippen molar-refractivity contribution in [3.8, 4) is 11.3 Å². The predicted molar refractivity (Wildman–Crippen MR) is 126 cm³/mol. The number of para-hydroxylation sites is 1. The predicted octanol–water partition coefficient (Wildman–Crippen LogP) is 4.71. The highest BCUT2D eigenvalue weighted by Crippen LogP contribution is 2.40. The number of carbonyl (C=O) groups is 1. The van der Waals surface area contributed by atoms with Gasteiger partial charge in [-0.15, -0.1) is 0 Å². The Hall–Kier alpha value is -3.67. The van der Waals surface area contributed by atoms with E-state index in [2.05, 4.69) is 49.1 Å². The van der Waals surface area contributed by atoms with Crippen LogP contribution >= 0.6 is 0 Å². The van der Waals surface area contributed by atoms with Crippen LogP contribution in [-0.2, 0) is 6.42 Å². The monoisotopic (exact) mass is 435 g/mol. The Bertz CT molecular complexity index is 1280. The highest BCUT2D eigenvalue weighted by molar-refractivity contribution is 5.95. The third-order valence-electron chi connectivity index (χ3n) is 7.10. The molecule has 6 heteroatoms. The second kappa shape index (κ2) is 8.35. The molecule has 2 fully saturated rings. The number of amides is 1. The van der Waals surface area contributed by atoms with E-state index in [0.717, 1.165) is 48.9 Å². The number of nitrogens with zero attached hydrogens (tertiary/aromatic N) is 5. The molecule has 0 unspecified atom stereocenters. The average molecular weight is 436 g/mol. The highest BCUT2D eigenvalue weighted by atomic mass is 16.2. The smallest absolute Gasteiger partial charge is 0.255 e. The van der Waals surface area contributed by atoms with Gasteiger partial charge in [-0.25, -0.2) is 9.97 Å². The SMILES string of the molecule is O=C(c1ccc(-c2cncnc2)nc1)N1[C@H]2CC[C@H]1CC(Cc1cnc3ccccc3c1)C2. The average Bonchev–Trinajstić information content (AvgIpc) is 3.14. The first-order chi connectivity index (χ1) is 16.2. The fourth-order valence-electron chi connectivity index (χ4n) is 5.62. The zero-order chi connectivity index (χ0) is 22.2. The Morgan fingerprint density at radius 2 is 1.70 bits per heavy atom. The van der Waals surface area contributed by atoms with Gasteiger partial charge < -0.3 is 4.90 Å². The topological polar surface area (TPSA) is 71.9 Å². The molecule has 0 spiro atoms. The molecule has 164 valence electrons. The molecule has 2 aliphatic rings. The molecule has 0 radical (unpaired) electrons. The molecule has 6 nitrogen and oxygen atoms in total. The summed E-state index contributed by atoms with van der Waals surface area (Å²) in [5.74, 6) is 0.699. The number of hydrogen-bond donors (Lipinski definition) is 0. The number of hydrogen-bond acceptors (Lipinski definition) is 5. The van der Waals surface area contributed by atoms with Gasteiger partial charge in [0.2, 0.25) is 0 Å². The molecule has 0 N–H and O–H groups in total. The standard InChI is InChI=1S/C27H25N5O/c33-27(21-5-8-26(31-16-21)22-14-28-17-29-15-22)32-23-6-7-24(32)12-18(11-23)9-19-10-20-3-1-2-4-25(20)30-13-19/h1-5,8,10,13-18,23-24H,6-7,9,11-12H2/t23-,24-/m0/s1. The number of piperidine rings is 1. The van der Waals surface area contributed by atoms with E-state index in [1.54, 1.807) is 18.6 Å². The molecule has 33 heavy (non-hydrogen) atoms. The van der Waals surface area contributed by atoms with Gasteiger partial charge in [0.25, 0.3) is 5.91 Å². The van der Waals surface area contributed by atoms with Gasteiger partial charge in [-0.1, -0.05) is 18.2 Å². The maximum absolute atomic E-state index is 13.4. The molecule has 2 saturated heterocycles. The summed E-state index contributed by atoms with van der Waals surface area (Å²) >= 11 is 0. The maximum Gasteiger partial charge on any atom is 0.255 e. The number of carbonyl (C=O) groups excluding carboxylic acids is 1. The Morgan fingerprint density at radius 1 is 0.909 bits per heavy atom. The number of pyridine rings is 2. The Morgan fingerprint density at radius 3 is 2.45 bits per heavy atom. The lowest BCUT2D eigenvalue weighted by Crippen LogP contribution is -2.46. The molecule has 2 bridgehead atoms. The third-order valence-corrected chi connectivity index (χ3v) is 7.10. The molecule has 3 aromatic heterocycles. The molecule has 6 rings (SSSR count). The van der Waals surface area contributed by atoms with Gasteiger partial charge in [-0.2, -0.15) is 0 Å². The molecule has 2 aliphatic heterocycles. The van der Waals surface area contributed by atoms with Crippen LogP contribution in [0.4, 0.5) is 0 Å². The fourth-order valence-corrected chi connectivity index (χ4v) is 5.62. The number of rotatable bonds is 4. The number of fused-ring (bicyclic) bond motifs is 3. The molecule has 0 aliphatic carbocycles. The summed E-state index contributed by atoms with van der Waals surface area (Å²) in [7, 11) is 0. The van der Waals surface area contributed by atoms with Crippen molar-refractivity contribution in [3.63, 3.8) is 0 Å². The van der Waals surface area contributed by atoms with E-state index in [9.17, 15) is 4.79 Å². The molecule has 0 saturated carbocycles. The molecular formula is C27H25N5O. The van der Waals surface area contributed by atoms with E-state index in [0.29, 0.717) is 23.6 Å². The van der Waals surface area contributed by atoms with Gasteiger partial charge >= 0.3 is 0 Å². The van der Waals surface area contributed by atoms with Crippen LogP contribution in [0.15, 0.2) is 73.6 Å². The zero-order valence-corrected chi connectivity index (χ0v) is 18.3. The fraction of sp³-hybridized carbons (Fsp3) is 0.296. The van der Waals surface area contributed by atoms with Gasteiger partial charge in [0.05, 0.1) is 16.8 Å². The van der Waals surface area contributed by atoms with Gasteiger partial charge in [0, 0.05) is 47.8 Å². The van der Waals surface area contributed by atoms with E-state index in [4.69, 9.17) is 0 Å². The summed E-state index contributed by atoms with van der Waals surface area (Å²) in [4.78, 5) is 32.7. The number of aromatic nitrogens is 4. The lowest BCUT2D eigenvalue weighted by Gasteiger charge is -2.39. The Balaban J connectivity index is 1.15. The first-order valence-electron chi connectivity index (χ1n) is 11.6. The Labute approximate surface area is 192 Å². The Kier molecular flexibility index (Phi) is 5.06. The minimum atomic E-state index is 0.108. The molecule has 4 aromatic rings. The summed E-state index contributed by atoms with van der Waals surface area (Å²) in [6.45, 7) is 0. The lowest BCUT2D eigenvalue weighted by molar-refractivity contribution is 0.0524. The van der Waals surface area contributed by atoms with Crippen molar-refractivity contribution < 1.29 is 4.79 Å². The van der Waals surface area contributed by atoms with Crippen LogP contribution in [0.2, 0.25) is 0 Å². The molecule has 2 atom stereocenters. The summed E-state index contributed by atoms with van der Waals surface area (Å²) in [5, 5.41) is 1.20.